The summed E-state index contributed by atoms with van der Waals surface area (Å²) in [6, 6.07) is 7.67. The average molecular weight is 482 g/mol. The number of thiocarbonyl (C=S) groups is 1. The Bertz CT molecular complexity index is 1200. The van der Waals surface area contributed by atoms with Gasteiger partial charge in [-0.05, 0) is 31.2 Å². The molecule has 2 heterocycles. The highest BCUT2D eigenvalue weighted by Crippen LogP contribution is 2.35. The van der Waals surface area contributed by atoms with Gasteiger partial charge in [0.15, 0.2) is 5.75 Å². The summed E-state index contributed by atoms with van der Waals surface area (Å²) >= 11 is 6.48. The molecule has 0 spiro atoms. The second-order valence-corrected chi connectivity index (χ2v) is 8.68. The Morgan fingerprint density at radius 1 is 1.22 bits per heavy atom. The van der Waals surface area contributed by atoms with E-state index in [1.165, 1.54) is 22.9 Å². The number of benzene rings is 1. The molecule has 0 aliphatic carbocycles. The molecule has 0 atom stereocenters. The predicted molar refractivity (Wildman–Crippen MR) is 120 cm³/mol. The summed E-state index contributed by atoms with van der Waals surface area (Å²) in [5.41, 5.74) is 0.485. The second-order valence-electron chi connectivity index (χ2n) is 6.93. The van der Waals surface area contributed by atoms with Gasteiger partial charge in [0, 0.05) is 28.8 Å². The van der Waals surface area contributed by atoms with E-state index >= 15 is 0 Å². The quantitative estimate of drug-likeness (QED) is 0.367. The minimum atomic E-state index is -4.45. The molecule has 0 fully saturated rings. The molecule has 1 aromatic carbocycles. The van der Waals surface area contributed by atoms with E-state index in [0.29, 0.717) is 22.6 Å². The molecule has 2 N–H and O–H groups in total. The topological polar surface area (TPSA) is 87.7 Å². The molecule has 0 unspecified atom stereocenters. The van der Waals surface area contributed by atoms with Crippen LogP contribution in [0.5, 0.6) is 5.75 Å². The summed E-state index contributed by atoms with van der Waals surface area (Å²) < 4.78 is 39.8. The van der Waals surface area contributed by atoms with E-state index in [-0.39, 0.29) is 28.6 Å². The van der Waals surface area contributed by atoms with Crippen LogP contribution in [0.4, 0.5) is 13.2 Å². The van der Waals surface area contributed by atoms with Crippen molar-refractivity contribution in [1.29, 1.82) is 0 Å². The van der Waals surface area contributed by atoms with Gasteiger partial charge in [-0.25, -0.2) is 4.79 Å². The van der Waals surface area contributed by atoms with E-state index in [4.69, 9.17) is 17.3 Å². The summed E-state index contributed by atoms with van der Waals surface area (Å²) in [4.78, 5) is 17.0. The molecular formula is C21H18F3N3O3S2. The van der Waals surface area contributed by atoms with Gasteiger partial charge in [0.25, 0.3) is 0 Å². The maximum Gasteiger partial charge on any atom is 0.416 e. The summed E-state index contributed by atoms with van der Waals surface area (Å²) in [6.45, 7) is 1.82. The summed E-state index contributed by atoms with van der Waals surface area (Å²) in [5, 5.41) is 23.9. The zero-order chi connectivity index (χ0) is 23.6. The standard InChI is InChI=1S/C21H18F3N3O3S2/c1-11(25-10-14(31)9-15-7-8-16(32-15)20(29)30)17-19(28)18(27(2)26-17)12-3-5-13(6-4-12)21(22,23)24/h3-8,28H,9-10H2,1-2H3,(H,29,30). The number of thiophene rings is 1. The third-order valence-electron chi connectivity index (χ3n) is 4.59. The van der Waals surface area contributed by atoms with Crippen molar-refractivity contribution < 1.29 is 28.2 Å². The molecule has 0 amide bonds. The number of rotatable bonds is 7. The number of carboxylic acid groups (broad SMARTS) is 1. The van der Waals surface area contributed by atoms with E-state index in [9.17, 15) is 23.1 Å². The van der Waals surface area contributed by atoms with E-state index in [1.807, 2.05) is 0 Å². The van der Waals surface area contributed by atoms with Gasteiger partial charge in [-0.1, -0.05) is 24.4 Å². The van der Waals surface area contributed by atoms with Gasteiger partial charge in [0.1, 0.15) is 16.3 Å². The number of aliphatic imine (C=N–C) groups is 1. The van der Waals surface area contributed by atoms with E-state index in [1.54, 1.807) is 20.0 Å². The summed E-state index contributed by atoms with van der Waals surface area (Å²) in [5.74, 6) is -1.18. The molecule has 0 radical (unpaired) electrons. The van der Waals surface area contributed by atoms with Crippen molar-refractivity contribution in [2.75, 3.05) is 6.54 Å². The second kappa shape index (κ2) is 9.21. The Kier molecular flexibility index (Phi) is 6.79. The normalized spacial score (nSPS) is 12.2. The van der Waals surface area contributed by atoms with E-state index < -0.39 is 17.7 Å². The van der Waals surface area contributed by atoms with Gasteiger partial charge in [0.2, 0.25) is 0 Å². The van der Waals surface area contributed by atoms with Crippen LogP contribution in [0.1, 0.15) is 32.7 Å². The smallest absolute Gasteiger partial charge is 0.416 e. The zero-order valence-corrected chi connectivity index (χ0v) is 18.6. The van der Waals surface area contributed by atoms with Crippen LogP contribution in [-0.2, 0) is 19.6 Å². The van der Waals surface area contributed by atoms with Crippen molar-refractivity contribution in [3.05, 3.63) is 57.4 Å². The average Bonchev–Trinajstić information content (AvgIpc) is 3.30. The van der Waals surface area contributed by atoms with Gasteiger partial charge in [0.05, 0.1) is 17.8 Å². The molecule has 3 rings (SSSR count). The predicted octanol–water partition coefficient (Wildman–Crippen LogP) is 4.99. The lowest BCUT2D eigenvalue weighted by Gasteiger charge is -2.08. The molecule has 11 heteroatoms. The first-order valence-electron chi connectivity index (χ1n) is 9.26. The van der Waals surface area contributed by atoms with Gasteiger partial charge >= 0.3 is 12.1 Å². The van der Waals surface area contributed by atoms with E-state index in [2.05, 4.69) is 10.1 Å². The van der Waals surface area contributed by atoms with Crippen LogP contribution in [0.25, 0.3) is 11.3 Å². The molecule has 2 aromatic heterocycles. The van der Waals surface area contributed by atoms with Crippen molar-refractivity contribution in [2.24, 2.45) is 12.0 Å². The monoisotopic (exact) mass is 481 g/mol. The van der Waals surface area contributed by atoms with Crippen molar-refractivity contribution in [2.45, 2.75) is 19.5 Å². The SMILES string of the molecule is CC(=NCC(=S)Cc1ccc(C(=O)O)s1)c1nn(C)c(-c2ccc(C(F)(F)F)cc2)c1O. The molecule has 0 saturated heterocycles. The number of aromatic hydroxyl groups is 1. The first-order valence-corrected chi connectivity index (χ1v) is 10.5. The first kappa shape index (κ1) is 23.6. The Labute approximate surface area is 190 Å². The highest BCUT2D eigenvalue weighted by Gasteiger charge is 2.30. The number of aromatic carboxylic acids is 1. The largest absolute Gasteiger partial charge is 0.504 e. The Hall–Kier alpha value is -3.05. The third kappa shape index (κ3) is 5.22. The Morgan fingerprint density at radius 2 is 1.88 bits per heavy atom. The maximum absolute atomic E-state index is 12.8. The van der Waals surface area contributed by atoms with Crippen LogP contribution in [0.15, 0.2) is 41.4 Å². The van der Waals surface area contributed by atoms with Gasteiger partial charge in [-0.3, -0.25) is 9.67 Å². The number of hydrogen-bond donors (Lipinski definition) is 2. The Morgan fingerprint density at radius 3 is 2.44 bits per heavy atom. The summed E-state index contributed by atoms with van der Waals surface area (Å²) in [7, 11) is 1.57. The number of carboxylic acids is 1. The molecule has 6 nitrogen and oxygen atoms in total. The minimum absolute atomic E-state index is 0.174. The van der Waals surface area contributed by atoms with Crippen LogP contribution in [0.3, 0.4) is 0 Å². The number of carbonyl (C=O) groups is 1. The molecule has 0 aliphatic heterocycles. The molecule has 32 heavy (non-hydrogen) atoms. The maximum atomic E-state index is 12.8. The van der Waals surface area contributed by atoms with Crippen molar-refractivity contribution in [3.63, 3.8) is 0 Å². The number of hydrogen-bond acceptors (Lipinski definition) is 6. The number of halogens is 3. The van der Waals surface area contributed by atoms with Gasteiger partial charge in [-0.2, -0.15) is 18.3 Å². The van der Waals surface area contributed by atoms with Crippen LogP contribution < -0.4 is 0 Å². The highest BCUT2D eigenvalue weighted by molar-refractivity contribution is 7.80. The van der Waals surface area contributed by atoms with Crippen LogP contribution >= 0.6 is 23.6 Å². The fraction of sp³-hybridized carbons (Fsp3) is 0.238. The first-order chi connectivity index (χ1) is 15.0. The lowest BCUT2D eigenvalue weighted by Crippen LogP contribution is -2.06. The lowest BCUT2D eigenvalue weighted by molar-refractivity contribution is -0.137. The number of nitrogens with zero attached hydrogens (tertiary/aromatic N) is 3. The van der Waals surface area contributed by atoms with E-state index in [0.717, 1.165) is 28.3 Å². The molecule has 3 aromatic rings. The highest BCUT2D eigenvalue weighted by atomic mass is 32.1. The van der Waals surface area contributed by atoms with Gasteiger partial charge < -0.3 is 10.2 Å². The fourth-order valence-electron chi connectivity index (χ4n) is 3.02. The molecule has 0 bridgehead atoms. The Balaban J connectivity index is 1.75. The lowest BCUT2D eigenvalue weighted by atomic mass is 10.1. The van der Waals surface area contributed by atoms with Crippen LogP contribution in [0.2, 0.25) is 0 Å². The van der Waals surface area contributed by atoms with Crippen LogP contribution in [0, 0.1) is 0 Å². The van der Waals surface area contributed by atoms with Crippen LogP contribution in [-0.4, -0.2) is 43.1 Å². The van der Waals surface area contributed by atoms with Gasteiger partial charge in [-0.15, -0.1) is 11.3 Å². The van der Waals surface area contributed by atoms with Crippen molar-refractivity contribution >= 4 is 40.1 Å². The molecule has 0 aliphatic rings. The minimum Gasteiger partial charge on any atom is -0.504 e. The molecule has 168 valence electrons. The summed E-state index contributed by atoms with van der Waals surface area (Å²) in [6.07, 6.45) is -4.05. The third-order valence-corrected chi connectivity index (χ3v) is 5.93. The zero-order valence-electron chi connectivity index (χ0n) is 17.0. The number of alkyl halides is 3. The number of aromatic nitrogens is 2. The molecule has 0 saturated carbocycles. The number of aryl methyl sites for hydroxylation is 1. The van der Waals surface area contributed by atoms with Crippen molar-refractivity contribution in [1.82, 2.24) is 9.78 Å². The fourth-order valence-corrected chi connectivity index (χ4v) is 4.22. The molecular weight excluding hydrogens is 463 g/mol. The van der Waals surface area contributed by atoms with Crippen molar-refractivity contribution in [3.8, 4) is 17.0 Å².